The highest BCUT2D eigenvalue weighted by Crippen LogP contribution is 2.38. The Morgan fingerprint density at radius 1 is 1.19 bits per heavy atom. The molecule has 170 valence electrons. The van der Waals surface area contributed by atoms with Gasteiger partial charge in [0.25, 0.3) is 5.91 Å². The highest BCUT2D eigenvalue weighted by molar-refractivity contribution is 6.05. The molecular formula is C23H28N4O5. The summed E-state index contributed by atoms with van der Waals surface area (Å²) in [4.78, 5) is 44.1. The van der Waals surface area contributed by atoms with Crippen LogP contribution in [0.1, 0.15) is 39.3 Å². The minimum atomic E-state index is -1.03. The first-order valence-corrected chi connectivity index (χ1v) is 10.4. The molecule has 0 spiro atoms. The van der Waals surface area contributed by atoms with Gasteiger partial charge in [0, 0.05) is 11.8 Å². The van der Waals surface area contributed by atoms with E-state index in [0.717, 1.165) is 11.1 Å². The van der Waals surface area contributed by atoms with E-state index >= 15 is 0 Å². The predicted molar refractivity (Wildman–Crippen MR) is 119 cm³/mol. The van der Waals surface area contributed by atoms with Crippen LogP contribution in [0.25, 0.3) is 11.1 Å². The molecule has 1 aliphatic rings. The second kappa shape index (κ2) is 9.35. The molecule has 0 unspecified atom stereocenters. The molecule has 0 bridgehead atoms. The second-order valence-electron chi connectivity index (χ2n) is 8.48. The highest BCUT2D eigenvalue weighted by Gasteiger charge is 2.36. The molecule has 0 saturated carbocycles. The van der Waals surface area contributed by atoms with Crippen LogP contribution < -0.4 is 15.5 Å². The molecule has 0 fully saturated rings. The van der Waals surface area contributed by atoms with Crippen LogP contribution in [0.5, 0.6) is 0 Å². The van der Waals surface area contributed by atoms with E-state index in [2.05, 4.69) is 15.6 Å². The minimum absolute atomic E-state index is 0.0227. The number of aliphatic hydroxyl groups excluding tert-OH is 1. The first kappa shape index (κ1) is 23.2. The van der Waals surface area contributed by atoms with E-state index in [9.17, 15) is 19.5 Å². The number of carbonyl (C=O) groups excluding carboxylic acids is 3. The summed E-state index contributed by atoms with van der Waals surface area (Å²) in [5.74, 6) is -0.565. The molecule has 1 aromatic heterocycles. The molecule has 0 radical (unpaired) electrons. The molecular weight excluding hydrogens is 412 g/mol. The average molecular weight is 441 g/mol. The van der Waals surface area contributed by atoms with E-state index in [1.165, 1.54) is 11.8 Å². The number of anilines is 1. The van der Waals surface area contributed by atoms with Crippen LogP contribution in [0, 0.1) is 0 Å². The van der Waals surface area contributed by atoms with E-state index in [1.54, 1.807) is 45.2 Å². The van der Waals surface area contributed by atoms with E-state index in [0.29, 0.717) is 11.4 Å². The van der Waals surface area contributed by atoms with Crippen molar-refractivity contribution in [3.63, 3.8) is 0 Å². The molecule has 32 heavy (non-hydrogen) atoms. The Morgan fingerprint density at radius 2 is 1.88 bits per heavy atom. The molecule has 2 atom stereocenters. The van der Waals surface area contributed by atoms with Gasteiger partial charge in [-0.2, -0.15) is 0 Å². The van der Waals surface area contributed by atoms with Crippen molar-refractivity contribution in [2.45, 2.75) is 45.4 Å². The normalized spacial score (nSPS) is 16.3. The number of pyridine rings is 1. The number of nitrogens with zero attached hydrogens (tertiary/aromatic N) is 2. The van der Waals surface area contributed by atoms with Crippen molar-refractivity contribution in [3.8, 4) is 11.1 Å². The number of carbonyl (C=O) groups is 3. The van der Waals surface area contributed by atoms with Crippen LogP contribution in [-0.4, -0.2) is 52.8 Å². The Morgan fingerprint density at radius 3 is 2.56 bits per heavy atom. The zero-order valence-corrected chi connectivity index (χ0v) is 18.6. The number of alkyl carbamates (subject to hydrolysis) is 1. The van der Waals surface area contributed by atoms with Crippen LogP contribution in [0.2, 0.25) is 0 Å². The van der Waals surface area contributed by atoms with Gasteiger partial charge in [-0.1, -0.05) is 24.3 Å². The summed E-state index contributed by atoms with van der Waals surface area (Å²) >= 11 is 0. The van der Waals surface area contributed by atoms with Crippen molar-refractivity contribution in [2.24, 2.45) is 0 Å². The topological polar surface area (TPSA) is 121 Å². The van der Waals surface area contributed by atoms with Crippen LogP contribution in [0.3, 0.4) is 0 Å². The van der Waals surface area contributed by atoms with Gasteiger partial charge < -0.3 is 20.5 Å². The number of aromatic nitrogens is 1. The van der Waals surface area contributed by atoms with Gasteiger partial charge >= 0.3 is 6.09 Å². The van der Waals surface area contributed by atoms with E-state index in [-0.39, 0.29) is 13.2 Å². The summed E-state index contributed by atoms with van der Waals surface area (Å²) in [7, 11) is 0. The maximum Gasteiger partial charge on any atom is 0.408 e. The number of fused-ring (bicyclic) bond motifs is 3. The molecule has 3 N–H and O–H groups in total. The molecule has 3 rings (SSSR count). The molecule has 2 heterocycles. The number of aliphatic hydroxyl groups is 1. The van der Waals surface area contributed by atoms with Crippen molar-refractivity contribution in [2.75, 3.05) is 18.1 Å². The molecule has 0 saturated heterocycles. The van der Waals surface area contributed by atoms with Gasteiger partial charge in [-0.25, -0.2) is 9.78 Å². The van der Waals surface area contributed by atoms with Crippen LogP contribution in [0.4, 0.5) is 10.6 Å². The number of ether oxygens (including phenoxy) is 1. The first-order valence-electron chi connectivity index (χ1n) is 10.4. The Balaban J connectivity index is 1.91. The Hall–Kier alpha value is -3.46. The van der Waals surface area contributed by atoms with Crippen LogP contribution >= 0.6 is 0 Å². The summed E-state index contributed by atoms with van der Waals surface area (Å²) in [6, 6.07) is 8.88. The van der Waals surface area contributed by atoms with Crippen molar-refractivity contribution >= 4 is 23.7 Å². The molecule has 1 aromatic carbocycles. The van der Waals surface area contributed by atoms with Crippen LogP contribution in [0.15, 0.2) is 42.6 Å². The number of nitrogens with one attached hydrogen (secondary N) is 2. The molecule has 3 amide bonds. The van der Waals surface area contributed by atoms with Crippen molar-refractivity contribution < 1.29 is 24.2 Å². The maximum absolute atomic E-state index is 13.5. The largest absolute Gasteiger partial charge is 0.444 e. The number of amides is 3. The lowest BCUT2D eigenvalue weighted by Gasteiger charge is -2.26. The molecule has 0 aliphatic carbocycles. The third-order valence-corrected chi connectivity index (χ3v) is 4.85. The lowest BCUT2D eigenvalue weighted by Crippen LogP contribution is -2.50. The van der Waals surface area contributed by atoms with E-state index in [4.69, 9.17) is 4.74 Å². The van der Waals surface area contributed by atoms with E-state index < -0.39 is 35.6 Å². The van der Waals surface area contributed by atoms with Crippen molar-refractivity contribution in [1.82, 2.24) is 15.6 Å². The summed E-state index contributed by atoms with van der Waals surface area (Å²) in [6.07, 6.45) is 0.844. The monoisotopic (exact) mass is 440 g/mol. The predicted octanol–water partition coefficient (Wildman–Crippen LogP) is 2.16. The van der Waals surface area contributed by atoms with Gasteiger partial charge in [0.05, 0.1) is 13.2 Å². The smallest absolute Gasteiger partial charge is 0.408 e. The molecule has 1 aliphatic heterocycles. The van der Waals surface area contributed by atoms with Crippen molar-refractivity contribution in [1.29, 1.82) is 0 Å². The van der Waals surface area contributed by atoms with Gasteiger partial charge in [-0.05, 0) is 51.0 Å². The van der Waals surface area contributed by atoms with Gasteiger partial charge in [0.1, 0.15) is 23.5 Å². The number of β-amino-alcohol motifs (C(OH)–C–C–N with tert-alkyl or cyclic N) is 1. The van der Waals surface area contributed by atoms with Crippen LogP contribution in [-0.2, 0) is 14.3 Å². The SMILES string of the molecule is C[C@H](NC(=O)OC(C)(C)C)C(=O)N[C@@H]1C(=O)N(CCO)c2ncccc2-c2ccccc21. The Kier molecular flexibility index (Phi) is 6.78. The number of hydrogen-bond donors (Lipinski definition) is 3. The minimum Gasteiger partial charge on any atom is -0.444 e. The Labute approximate surface area is 186 Å². The summed E-state index contributed by atoms with van der Waals surface area (Å²) in [6.45, 7) is 6.43. The number of hydrogen-bond acceptors (Lipinski definition) is 6. The van der Waals surface area contributed by atoms with E-state index in [1.807, 2.05) is 18.2 Å². The fourth-order valence-corrected chi connectivity index (χ4v) is 3.48. The molecule has 2 aromatic rings. The van der Waals surface area contributed by atoms with Crippen molar-refractivity contribution in [3.05, 3.63) is 48.2 Å². The summed E-state index contributed by atoms with van der Waals surface area (Å²) in [5.41, 5.74) is 1.37. The molecule has 9 heteroatoms. The lowest BCUT2D eigenvalue weighted by atomic mass is 9.96. The summed E-state index contributed by atoms with van der Waals surface area (Å²) < 4.78 is 5.20. The van der Waals surface area contributed by atoms with Gasteiger partial charge in [0.15, 0.2) is 0 Å². The third kappa shape index (κ3) is 5.05. The fourth-order valence-electron chi connectivity index (χ4n) is 3.48. The van der Waals surface area contributed by atoms with Gasteiger partial charge in [-0.15, -0.1) is 0 Å². The Bertz CT molecular complexity index is 1020. The quantitative estimate of drug-likeness (QED) is 0.655. The zero-order valence-electron chi connectivity index (χ0n) is 18.6. The fraction of sp³-hybridized carbons (Fsp3) is 0.391. The second-order valence-corrected chi connectivity index (χ2v) is 8.48. The zero-order chi connectivity index (χ0) is 23.5. The number of benzene rings is 1. The first-order chi connectivity index (χ1) is 15.1. The van der Waals surface area contributed by atoms with Gasteiger partial charge in [0.2, 0.25) is 5.91 Å². The third-order valence-electron chi connectivity index (χ3n) is 4.85. The summed E-state index contributed by atoms with van der Waals surface area (Å²) in [5, 5.41) is 14.8. The average Bonchev–Trinajstić information content (AvgIpc) is 2.82. The van der Waals surface area contributed by atoms with Gasteiger partial charge in [-0.3, -0.25) is 14.5 Å². The lowest BCUT2D eigenvalue weighted by molar-refractivity contribution is -0.128. The number of rotatable bonds is 5. The highest BCUT2D eigenvalue weighted by atomic mass is 16.6. The maximum atomic E-state index is 13.5. The standard InChI is InChI=1S/C23H28N4O5/c1-14(25-22(31)32-23(2,3)4)20(29)26-18-16-9-6-5-8-15(16)17-10-7-11-24-19(17)27(12-13-28)21(18)30/h5-11,14,18,28H,12-13H2,1-4H3,(H,25,31)(H,26,29)/t14-,18-/m0/s1. The molecule has 9 nitrogen and oxygen atoms in total.